The molecule has 0 aliphatic heterocycles. The highest BCUT2D eigenvalue weighted by Gasteiger charge is 2.22. The van der Waals surface area contributed by atoms with Crippen molar-refractivity contribution in [1.82, 2.24) is 20.1 Å². The summed E-state index contributed by atoms with van der Waals surface area (Å²) < 4.78 is 5.05. The lowest BCUT2D eigenvalue weighted by Gasteiger charge is -2.14. The van der Waals surface area contributed by atoms with Gasteiger partial charge in [0.1, 0.15) is 5.69 Å². The zero-order chi connectivity index (χ0) is 13.3. The van der Waals surface area contributed by atoms with Crippen molar-refractivity contribution in [2.24, 2.45) is 5.41 Å². The highest BCUT2D eigenvalue weighted by Crippen LogP contribution is 2.22. The van der Waals surface area contributed by atoms with E-state index in [0.717, 1.165) is 0 Å². The Bertz CT molecular complexity index is 565. The summed E-state index contributed by atoms with van der Waals surface area (Å²) in [4.78, 5) is 21.5. The van der Waals surface area contributed by atoms with Crippen molar-refractivity contribution in [2.45, 2.75) is 27.2 Å². The second-order valence-electron chi connectivity index (χ2n) is 5.18. The van der Waals surface area contributed by atoms with Gasteiger partial charge in [0, 0.05) is 6.42 Å². The van der Waals surface area contributed by atoms with Gasteiger partial charge in [-0.15, -0.1) is 0 Å². The van der Waals surface area contributed by atoms with Gasteiger partial charge in [-0.05, 0) is 5.41 Å². The third kappa shape index (κ3) is 2.55. The number of H-pyrrole nitrogens is 1. The van der Waals surface area contributed by atoms with Gasteiger partial charge in [0.05, 0.1) is 6.33 Å². The molecular formula is C11H14N4O3. The molecule has 18 heavy (non-hydrogen) atoms. The minimum atomic E-state index is -1.14. The smallest absolute Gasteiger partial charge is 0.356 e. The van der Waals surface area contributed by atoms with Gasteiger partial charge >= 0.3 is 5.97 Å². The van der Waals surface area contributed by atoms with Crippen LogP contribution in [0, 0.1) is 5.41 Å². The minimum absolute atomic E-state index is 0.0325. The molecule has 7 heteroatoms. The Morgan fingerprint density at radius 1 is 1.50 bits per heavy atom. The molecule has 0 saturated carbocycles. The molecule has 0 radical (unpaired) electrons. The summed E-state index contributed by atoms with van der Waals surface area (Å²) in [6.45, 7) is 6.17. The van der Waals surface area contributed by atoms with Gasteiger partial charge in [-0.3, -0.25) is 0 Å². The molecule has 2 aromatic heterocycles. The Morgan fingerprint density at radius 3 is 2.83 bits per heavy atom. The summed E-state index contributed by atoms with van der Waals surface area (Å²) in [7, 11) is 0. The van der Waals surface area contributed by atoms with Gasteiger partial charge < -0.3 is 14.6 Å². The molecule has 0 aliphatic carbocycles. The van der Waals surface area contributed by atoms with Crippen molar-refractivity contribution in [2.75, 3.05) is 0 Å². The van der Waals surface area contributed by atoms with Gasteiger partial charge in [0.15, 0.2) is 11.5 Å². The number of aromatic carboxylic acids is 1. The largest absolute Gasteiger partial charge is 0.476 e. The van der Waals surface area contributed by atoms with E-state index in [0.29, 0.717) is 12.2 Å². The SMILES string of the molecule is CC(C)(C)Cc1noc(-c2[nH]cnc2C(=O)O)n1. The molecule has 0 saturated heterocycles. The number of hydrogen-bond donors (Lipinski definition) is 2. The van der Waals surface area contributed by atoms with Crippen LogP contribution in [0.4, 0.5) is 0 Å². The van der Waals surface area contributed by atoms with Crippen molar-refractivity contribution in [1.29, 1.82) is 0 Å². The lowest BCUT2D eigenvalue weighted by atomic mass is 9.92. The molecule has 2 rings (SSSR count). The highest BCUT2D eigenvalue weighted by atomic mass is 16.5. The van der Waals surface area contributed by atoms with Crippen LogP contribution in [0.5, 0.6) is 0 Å². The maximum absolute atomic E-state index is 10.9. The van der Waals surface area contributed by atoms with Gasteiger partial charge in [0.2, 0.25) is 0 Å². The molecule has 0 spiro atoms. The van der Waals surface area contributed by atoms with Crippen LogP contribution in [-0.2, 0) is 6.42 Å². The third-order valence-electron chi connectivity index (χ3n) is 2.21. The number of carboxylic acids is 1. The van der Waals surface area contributed by atoms with E-state index in [2.05, 4.69) is 40.9 Å². The molecule has 0 aromatic carbocycles. The average Bonchev–Trinajstić information content (AvgIpc) is 2.81. The van der Waals surface area contributed by atoms with Crippen molar-refractivity contribution in [3.63, 3.8) is 0 Å². The number of carbonyl (C=O) groups is 1. The van der Waals surface area contributed by atoms with Crippen LogP contribution >= 0.6 is 0 Å². The topological polar surface area (TPSA) is 105 Å². The number of imidazole rings is 1. The summed E-state index contributed by atoms with van der Waals surface area (Å²) in [5.74, 6) is -0.450. The van der Waals surface area contributed by atoms with Crippen molar-refractivity contribution in [3.8, 4) is 11.6 Å². The normalized spacial score (nSPS) is 11.7. The first-order valence-electron chi connectivity index (χ1n) is 5.46. The van der Waals surface area contributed by atoms with E-state index in [9.17, 15) is 4.79 Å². The number of hydrogen-bond acceptors (Lipinski definition) is 5. The molecule has 7 nitrogen and oxygen atoms in total. The first-order chi connectivity index (χ1) is 8.37. The van der Waals surface area contributed by atoms with E-state index in [1.807, 2.05) is 0 Å². The monoisotopic (exact) mass is 250 g/mol. The fraction of sp³-hybridized carbons (Fsp3) is 0.455. The van der Waals surface area contributed by atoms with E-state index < -0.39 is 5.97 Å². The lowest BCUT2D eigenvalue weighted by Crippen LogP contribution is -2.10. The zero-order valence-corrected chi connectivity index (χ0v) is 10.4. The standard InChI is InChI=1S/C11H14N4O3/c1-11(2,3)4-6-14-9(18-15-6)7-8(10(16)17)13-5-12-7/h5H,4H2,1-3H3,(H,12,13)(H,16,17). The number of aromatic nitrogens is 4. The Kier molecular flexibility index (Phi) is 2.90. The first-order valence-corrected chi connectivity index (χ1v) is 5.46. The van der Waals surface area contributed by atoms with E-state index in [-0.39, 0.29) is 22.7 Å². The van der Waals surface area contributed by atoms with Crippen LogP contribution in [0.15, 0.2) is 10.9 Å². The van der Waals surface area contributed by atoms with E-state index in [4.69, 9.17) is 9.63 Å². The van der Waals surface area contributed by atoms with E-state index in [1.165, 1.54) is 6.33 Å². The first kappa shape index (κ1) is 12.3. The summed E-state index contributed by atoms with van der Waals surface area (Å²) in [6.07, 6.45) is 1.93. The van der Waals surface area contributed by atoms with Crippen molar-refractivity contribution in [3.05, 3.63) is 17.8 Å². The minimum Gasteiger partial charge on any atom is -0.476 e. The summed E-state index contributed by atoms with van der Waals surface area (Å²) in [6, 6.07) is 0. The molecule has 0 amide bonds. The summed E-state index contributed by atoms with van der Waals surface area (Å²) in [5.41, 5.74) is 0.140. The predicted octanol–water partition coefficient (Wildman–Crippen LogP) is 1.75. The van der Waals surface area contributed by atoms with Crippen LogP contribution in [0.1, 0.15) is 37.1 Å². The van der Waals surface area contributed by atoms with Crippen LogP contribution in [0.25, 0.3) is 11.6 Å². The number of nitrogens with one attached hydrogen (secondary N) is 1. The van der Waals surface area contributed by atoms with Crippen LogP contribution in [0.2, 0.25) is 0 Å². The summed E-state index contributed by atoms with van der Waals surface area (Å²) in [5, 5.41) is 12.8. The molecule has 0 unspecified atom stereocenters. The maximum atomic E-state index is 10.9. The Hall–Kier alpha value is -2.18. The molecule has 2 N–H and O–H groups in total. The molecule has 0 bridgehead atoms. The second kappa shape index (κ2) is 4.25. The second-order valence-corrected chi connectivity index (χ2v) is 5.18. The Balaban J connectivity index is 2.30. The van der Waals surface area contributed by atoms with Gasteiger partial charge in [-0.25, -0.2) is 9.78 Å². The molecular weight excluding hydrogens is 236 g/mol. The molecule has 0 aliphatic rings. The van der Waals surface area contributed by atoms with Crippen molar-refractivity contribution < 1.29 is 14.4 Å². The molecule has 0 atom stereocenters. The molecule has 0 fully saturated rings. The van der Waals surface area contributed by atoms with Gasteiger partial charge in [-0.1, -0.05) is 25.9 Å². The van der Waals surface area contributed by atoms with Crippen molar-refractivity contribution >= 4 is 5.97 Å². The van der Waals surface area contributed by atoms with Gasteiger partial charge in [-0.2, -0.15) is 4.98 Å². The fourth-order valence-corrected chi connectivity index (χ4v) is 1.52. The fourth-order valence-electron chi connectivity index (χ4n) is 1.52. The number of carboxylic acid groups (broad SMARTS) is 1. The number of rotatable bonds is 3. The highest BCUT2D eigenvalue weighted by molar-refractivity contribution is 5.91. The predicted molar refractivity (Wildman–Crippen MR) is 62.0 cm³/mol. The molecule has 2 heterocycles. The van der Waals surface area contributed by atoms with Gasteiger partial charge in [0.25, 0.3) is 5.89 Å². The van der Waals surface area contributed by atoms with Crippen LogP contribution in [-0.4, -0.2) is 31.2 Å². The van der Waals surface area contributed by atoms with Crippen LogP contribution < -0.4 is 0 Å². The lowest BCUT2D eigenvalue weighted by molar-refractivity contribution is 0.0691. The Morgan fingerprint density at radius 2 is 2.22 bits per heavy atom. The Labute approximate surface area is 103 Å². The number of aromatic amines is 1. The summed E-state index contributed by atoms with van der Waals surface area (Å²) >= 11 is 0. The average molecular weight is 250 g/mol. The maximum Gasteiger partial charge on any atom is 0.356 e. The zero-order valence-electron chi connectivity index (χ0n) is 10.4. The van der Waals surface area contributed by atoms with E-state index in [1.54, 1.807) is 0 Å². The molecule has 2 aromatic rings. The van der Waals surface area contributed by atoms with E-state index >= 15 is 0 Å². The molecule has 96 valence electrons. The number of nitrogens with zero attached hydrogens (tertiary/aromatic N) is 3. The van der Waals surface area contributed by atoms with Crippen LogP contribution in [0.3, 0.4) is 0 Å². The third-order valence-corrected chi connectivity index (χ3v) is 2.21. The quantitative estimate of drug-likeness (QED) is 0.859.